The molecule has 0 unspecified atom stereocenters. The summed E-state index contributed by atoms with van der Waals surface area (Å²) in [5.74, 6) is 1.20. The van der Waals surface area contributed by atoms with E-state index in [4.69, 9.17) is 16.1 Å². The molecule has 0 spiro atoms. The Hall–Kier alpha value is -1.01. The number of hydrogen-bond acceptors (Lipinski definition) is 6. The molecular formula is C8H9ClN4OS. The van der Waals surface area contributed by atoms with Crippen LogP contribution in [0.5, 0.6) is 0 Å². The molecule has 0 bridgehead atoms. The zero-order valence-electron chi connectivity index (χ0n) is 8.10. The molecule has 5 nitrogen and oxygen atoms in total. The van der Waals surface area contributed by atoms with Crippen LogP contribution in [0.2, 0.25) is 0 Å². The monoisotopic (exact) mass is 244 g/mol. The zero-order chi connectivity index (χ0) is 10.7. The third-order valence-electron chi connectivity index (χ3n) is 1.82. The predicted molar refractivity (Wildman–Crippen MR) is 56.8 cm³/mol. The summed E-state index contributed by atoms with van der Waals surface area (Å²) in [6.45, 7) is 2.08. The first-order valence-corrected chi connectivity index (χ1v) is 5.86. The van der Waals surface area contributed by atoms with E-state index >= 15 is 0 Å². The molecule has 0 N–H and O–H groups in total. The van der Waals surface area contributed by atoms with Gasteiger partial charge in [-0.2, -0.15) is 4.98 Å². The Morgan fingerprint density at radius 2 is 2.33 bits per heavy atom. The smallest absolute Gasteiger partial charge is 0.271 e. The lowest BCUT2D eigenvalue weighted by Crippen LogP contribution is -1.87. The molecule has 2 heterocycles. The molecule has 0 amide bonds. The van der Waals surface area contributed by atoms with Crippen LogP contribution >= 0.6 is 23.1 Å². The van der Waals surface area contributed by atoms with Crippen molar-refractivity contribution >= 4 is 23.1 Å². The average molecular weight is 245 g/mol. The first-order valence-electron chi connectivity index (χ1n) is 4.55. The lowest BCUT2D eigenvalue weighted by atomic mass is 10.2. The fraction of sp³-hybridized carbons (Fsp3) is 0.500. The Bertz CT molecular complexity index is 441. The standard InChI is InChI=1S/C8H9ClN4OS/c1-2-3-5-7(15-13-11-5)8-10-6(4-9)12-14-8/h2-4H2,1H3. The molecule has 0 aliphatic carbocycles. The largest absolute Gasteiger partial charge is 0.333 e. The molecule has 0 aliphatic rings. The van der Waals surface area contributed by atoms with Gasteiger partial charge in [0, 0.05) is 0 Å². The van der Waals surface area contributed by atoms with Gasteiger partial charge in [-0.05, 0) is 18.0 Å². The summed E-state index contributed by atoms with van der Waals surface area (Å²) in [7, 11) is 0. The Labute approximate surface area is 95.6 Å². The van der Waals surface area contributed by atoms with Gasteiger partial charge in [0.2, 0.25) is 0 Å². The summed E-state index contributed by atoms with van der Waals surface area (Å²) < 4.78 is 8.95. The molecular weight excluding hydrogens is 236 g/mol. The Morgan fingerprint density at radius 1 is 1.47 bits per heavy atom. The average Bonchev–Trinajstić information content (AvgIpc) is 2.85. The molecule has 0 atom stereocenters. The number of alkyl halides is 1. The van der Waals surface area contributed by atoms with Gasteiger partial charge >= 0.3 is 0 Å². The fourth-order valence-corrected chi connectivity index (χ4v) is 1.91. The minimum absolute atomic E-state index is 0.249. The third kappa shape index (κ3) is 2.15. The number of aromatic nitrogens is 4. The van der Waals surface area contributed by atoms with E-state index in [0.29, 0.717) is 11.7 Å². The predicted octanol–water partition coefficient (Wildman–Crippen LogP) is 2.28. The number of nitrogens with zero attached hydrogens (tertiary/aromatic N) is 4. The minimum Gasteiger partial charge on any atom is -0.333 e. The molecule has 0 saturated carbocycles. The number of hydrogen-bond donors (Lipinski definition) is 0. The van der Waals surface area contributed by atoms with Crippen LogP contribution < -0.4 is 0 Å². The third-order valence-corrected chi connectivity index (χ3v) is 2.82. The molecule has 7 heteroatoms. The molecule has 2 aromatic heterocycles. The lowest BCUT2D eigenvalue weighted by molar-refractivity contribution is 0.425. The SMILES string of the molecule is CCCc1nnsc1-c1nc(CCl)no1. The molecule has 0 aromatic carbocycles. The maximum Gasteiger partial charge on any atom is 0.271 e. The van der Waals surface area contributed by atoms with Gasteiger partial charge in [0.1, 0.15) is 4.88 Å². The van der Waals surface area contributed by atoms with Crippen LogP contribution in [0.3, 0.4) is 0 Å². The second-order valence-corrected chi connectivity index (χ2v) is 3.97. The minimum atomic E-state index is 0.249. The van der Waals surface area contributed by atoms with Crippen molar-refractivity contribution in [2.45, 2.75) is 25.6 Å². The van der Waals surface area contributed by atoms with Crippen LogP contribution in [0, 0.1) is 0 Å². The van der Waals surface area contributed by atoms with Crippen LogP contribution in [-0.4, -0.2) is 19.7 Å². The van der Waals surface area contributed by atoms with Crippen LogP contribution in [-0.2, 0) is 12.3 Å². The van der Waals surface area contributed by atoms with Gasteiger partial charge in [0.05, 0.1) is 11.6 Å². The van der Waals surface area contributed by atoms with E-state index in [1.165, 1.54) is 11.5 Å². The van der Waals surface area contributed by atoms with Gasteiger partial charge in [-0.25, -0.2) is 0 Å². The van der Waals surface area contributed by atoms with E-state index in [1.807, 2.05) is 0 Å². The molecule has 0 radical (unpaired) electrons. The molecule has 80 valence electrons. The highest BCUT2D eigenvalue weighted by atomic mass is 35.5. The fourth-order valence-electron chi connectivity index (χ4n) is 1.17. The van der Waals surface area contributed by atoms with E-state index < -0.39 is 0 Å². The van der Waals surface area contributed by atoms with E-state index in [-0.39, 0.29) is 5.88 Å². The summed E-state index contributed by atoms with van der Waals surface area (Å²) in [6.07, 6.45) is 1.87. The maximum absolute atomic E-state index is 5.59. The van der Waals surface area contributed by atoms with Crippen molar-refractivity contribution in [3.63, 3.8) is 0 Å². The van der Waals surface area contributed by atoms with Crippen molar-refractivity contribution in [3.8, 4) is 10.8 Å². The van der Waals surface area contributed by atoms with Gasteiger partial charge in [-0.15, -0.1) is 16.7 Å². The molecule has 0 aliphatic heterocycles. The first-order chi connectivity index (χ1) is 7.35. The number of aryl methyl sites for hydroxylation is 1. The van der Waals surface area contributed by atoms with Gasteiger partial charge in [-0.1, -0.05) is 23.0 Å². The van der Waals surface area contributed by atoms with Crippen molar-refractivity contribution in [3.05, 3.63) is 11.5 Å². The summed E-state index contributed by atoms with van der Waals surface area (Å²) in [5.41, 5.74) is 0.910. The molecule has 2 aromatic rings. The Morgan fingerprint density at radius 3 is 3.00 bits per heavy atom. The maximum atomic E-state index is 5.59. The van der Waals surface area contributed by atoms with Gasteiger partial charge in [-0.3, -0.25) is 0 Å². The van der Waals surface area contributed by atoms with Gasteiger partial charge in [0.25, 0.3) is 5.89 Å². The van der Waals surface area contributed by atoms with Crippen LogP contribution in [0.25, 0.3) is 10.8 Å². The summed E-state index contributed by atoms with van der Waals surface area (Å²) >= 11 is 6.86. The van der Waals surface area contributed by atoms with Crippen molar-refractivity contribution in [1.82, 2.24) is 19.7 Å². The van der Waals surface area contributed by atoms with E-state index in [0.717, 1.165) is 23.4 Å². The second kappa shape index (κ2) is 4.67. The highest BCUT2D eigenvalue weighted by Crippen LogP contribution is 2.25. The van der Waals surface area contributed by atoms with Crippen molar-refractivity contribution in [1.29, 1.82) is 0 Å². The zero-order valence-corrected chi connectivity index (χ0v) is 9.68. The highest BCUT2D eigenvalue weighted by molar-refractivity contribution is 7.09. The van der Waals surface area contributed by atoms with Crippen LogP contribution in [0.1, 0.15) is 24.9 Å². The van der Waals surface area contributed by atoms with Crippen LogP contribution in [0.15, 0.2) is 4.52 Å². The van der Waals surface area contributed by atoms with Crippen molar-refractivity contribution < 1.29 is 4.52 Å². The van der Waals surface area contributed by atoms with Crippen molar-refractivity contribution in [2.24, 2.45) is 0 Å². The van der Waals surface area contributed by atoms with Gasteiger partial charge < -0.3 is 4.52 Å². The summed E-state index contributed by atoms with van der Waals surface area (Å²) in [5, 5.41) is 7.75. The number of rotatable bonds is 4. The number of halogens is 1. The summed E-state index contributed by atoms with van der Waals surface area (Å²) in [4.78, 5) is 4.98. The first kappa shape index (κ1) is 10.5. The van der Waals surface area contributed by atoms with Crippen LogP contribution in [0.4, 0.5) is 0 Å². The highest BCUT2D eigenvalue weighted by Gasteiger charge is 2.16. The Kier molecular flexibility index (Phi) is 3.27. The second-order valence-electron chi connectivity index (χ2n) is 2.95. The quantitative estimate of drug-likeness (QED) is 0.772. The normalized spacial score (nSPS) is 10.8. The molecule has 0 fully saturated rings. The molecule has 0 saturated heterocycles. The Balaban J connectivity index is 2.31. The molecule has 2 rings (SSSR count). The lowest BCUT2D eigenvalue weighted by Gasteiger charge is -1.91. The topological polar surface area (TPSA) is 64.7 Å². The van der Waals surface area contributed by atoms with E-state index in [2.05, 4.69) is 26.7 Å². The van der Waals surface area contributed by atoms with E-state index in [9.17, 15) is 0 Å². The molecule has 15 heavy (non-hydrogen) atoms. The van der Waals surface area contributed by atoms with Gasteiger partial charge in [0.15, 0.2) is 5.82 Å². The van der Waals surface area contributed by atoms with E-state index in [1.54, 1.807) is 0 Å². The van der Waals surface area contributed by atoms with Crippen molar-refractivity contribution in [2.75, 3.05) is 0 Å². The summed E-state index contributed by atoms with van der Waals surface area (Å²) in [6, 6.07) is 0.